The number of ether oxygens (including phenoxy) is 4. The molecule has 0 fully saturated rings. The van der Waals surface area contributed by atoms with E-state index in [1.165, 1.54) is 0 Å². The Morgan fingerprint density at radius 2 is 1.82 bits per heavy atom. The van der Waals surface area contributed by atoms with Crippen molar-refractivity contribution in [3.8, 4) is 5.75 Å². The van der Waals surface area contributed by atoms with Gasteiger partial charge in [0, 0.05) is 6.61 Å². The Morgan fingerprint density at radius 1 is 1.12 bits per heavy atom. The zero-order chi connectivity index (χ0) is 24.3. The molecule has 1 unspecified atom stereocenters. The molecule has 0 radical (unpaired) electrons. The van der Waals surface area contributed by atoms with Gasteiger partial charge < -0.3 is 18.9 Å². The van der Waals surface area contributed by atoms with Crippen LogP contribution in [-0.2, 0) is 29.0 Å². The van der Waals surface area contributed by atoms with Crippen molar-refractivity contribution in [2.45, 2.75) is 64.9 Å². The van der Waals surface area contributed by atoms with E-state index < -0.39 is 22.5 Å². The second-order valence-electron chi connectivity index (χ2n) is 8.39. The van der Waals surface area contributed by atoms with Crippen molar-refractivity contribution < 1.29 is 32.2 Å². The van der Waals surface area contributed by atoms with Crippen molar-refractivity contribution >= 4 is 16.0 Å². The number of nitrogens with one attached hydrogen (secondary N) is 1. The van der Waals surface area contributed by atoms with Crippen molar-refractivity contribution in [1.82, 2.24) is 4.72 Å². The highest BCUT2D eigenvalue weighted by molar-refractivity contribution is 7.89. The molecule has 1 aromatic rings. The quantitative estimate of drug-likeness (QED) is 0.300. The van der Waals surface area contributed by atoms with Crippen molar-refractivity contribution in [2.24, 2.45) is 0 Å². The van der Waals surface area contributed by atoms with E-state index in [4.69, 9.17) is 18.9 Å². The fourth-order valence-corrected chi connectivity index (χ4v) is 5.10. The highest BCUT2D eigenvalue weighted by Crippen LogP contribution is 2.45. The summed E-state index contributed by atoms with van der Waals surface area (Å²) in [5.74, 6) is 0.224. The maximum atomic E-state index is 12.5. The predicted molar refractivity (Wildman–Crippen MR) is 127 cm³/mol. The molecule has 0 spiro atoms. The van der Waals surface area contributed by atoms with Gasteiger partial charge in [-0.3, -0.25) is 4.79 Å². The third-order valence-corrected chi connectivity index (χ3v) is 7.43. The summed E-state index contributed by atoms with van der Waals surface area (Å²) >= 11 is 0. The third-order valence-electron chi connectivity index (χ3n) is 6.08. The number of aryl methyl sites for hydroxylation is 1. The number of fused-ring (bicyclic) bond motifs is 1. The molecule has 0 aromatic heterocycles. The SMILES string of the molecule is CCOCCOCCOC(=O)CNS(=O)(=O)CCC1CC(CC)(CC)Oc2ccc(C)cc21. The molecule has 33 heavy (non-hydrogen) atoms. The van der Waals surface area contributed by atoms with Crippen LogP contribution in [0.2, 0.25) is 0 Å². The van der Waals surface area contributed by atoms with Crippen LogP contribution >= 0.6 is 0 Å². The molecule has 0 amide bonds. The minimum Gasteiger partial charge on any atom is -0.487 e. The Bertz CT molecular complexity index is 852. The topological polar surface area (TPSA) is 100 Å². The second kappa shape index (κ2) is 13.3. The first-order chi connectivity index (χ1) is 15.7. The van der Waals surface area contributed by atoms with Gasteiger partial charge in [0.1, 0.15) is 24.5 Å². The average molecular weight is 486 g/mol. The number of benzene rings is 1. The van der Waals surface area contributed by atoms with Crippen molar-refractivity contribution in [3.63, 3.8) is 0 Å². The van der Waals surface area contributed by atoms with E-state index in [0.717, 1.165) is 36.1 Å². The Balaban J connectivity index is 1.84. The molecule has 1 aliphatic heterocycles. The van der Waals surface area contributed by atoms with Crippen molar-refractivity contribution in [3.05, 3.63) is 29.3 Å². The summed E-state index contributed by atoms with van der Waals surface area (Å²) in [6.07, 6.45) is 2.95. The molecular formula is C24H39NO7S. The minimum atomic E-state index is -3.62. The normalized spacial score (nSPS) is 17.3. The van der Waals surface area contributed by atoms with Gasteiger partial charge in [0.25, 0.3) is 0 Å². The summed E-state index contributed by atoms with van der Waals surface area (Å²) < 4.78 is 49.2. The zero-order valence-electron chi connectivity index (χ0n) is 20.4. The first kappa shape index (κ1) is 27.6. The summed E-state index contributed by atoms with van der Waals surface area (Å²) in [7, 11) is -3.62. The summed E-state index contributed by atoms with van der Waals surface area (Å²) in [6.45, 7) is 9.58. The van der Waals surface area contributed by atoms with Gasteiger partial charge in [-0.25, -0.2) is 13.1 Å². The number of esters is 1. The molecule has 8 nitrogen and oxygen atoms in total. The number of carbonyl (C=O) groups excluding carboxylic acids is 1. The first-order valence-corrected chi connectivity index (χ1v) is 13.5. The van der Waals surface area contributed by atoms with Gasteiger partial charge in [0.15, 0.2) is 0 Å². The van der Waals surface area contributed by atoms with E-state index in [0.29, 0.717) is 26.2 Å². The standard InChI is InChI=1S/C24H39NO7S/c1-5-24(6-2)17-20(21-16-19(4)8-9-22(21)32-24)10-15-33(27,28)25-18-23(26)31-14-13-30-12-11-29-7-3/h8-9,16,20,25H,5-7,10-15,17-18H2,1-4H3. The minimum absolute atomic E-state index is 0.0671. The van der Waals surface area contributed by atoms with Crippen LogP contribution in [0.15, 0.2) is 18.2 Å². The monoisotopic (exact) mass is 485 g/mol. The number of rotatable bonds is 15. The van der Waals surface area contributed by atoms with Crippen LogP contribution in [0.25, 0.3) is 0 Å². The molecule has 1 atom stereocenters. The molecular weight excluding hydrogens is 446 g/mol. The van der Waals surface area contributed by atoms with Crippen LogP contribution in [-0.4, -0.2) is 65.3 Å². The van der Waals surface area contributed by atoms with E-state index in [2.05, 4.69) is 24.6 Å². The summed E-state index contributed by atoms with van der Waals surface area (Å²) in [4.78, 5) is 11.8. The lowest BCUT2D eigenvalue weighted by Gasteiger charge is -2.41. The van der Waals surface area contributed by atoms with Gasteiger partial charge >= 0.3 is 5.97 Å². The molecule has 1 N–H and O–H groups in total. The van der Waals surface area contributed by atoms with E-state index in [1.807, 2.05) is 26.0 Å². The van der Waals surface area contributed by atoms with Crippen molar-refractivity contribution in [2.75, 3.05) is 45.3 Å². The number of hydrogen-bond acceptors (Lipinski definition) is 7. The van der Waals surface area contributed by atoms with E-state index in [-0.39, 0.29) is 30.5 Å². The molecule has 2 rings (SSSR count). The molecule has 9 heteroatoms. The van der Waals surface area contributed by atoms with Gasteiger partial charge in [0.05, 0.1) is 25.6 Å². The molecule has 1 aromatic carbocycles. The maximum absolute atomic E-state index is 12.5. The molecule has 0 saturated carbocycles. The van der Waals surface area contributed by atoms with Gasteiger partial charge in [-0.05, 0) is 57.1 Å². The lowest BCUT2D eigenvalue weighted by atomic mass is 9.78. The number of hydrogen-bond donors (Lipinski definition) is 1. The van der Waals surface area contributed by atoms with Gasteiger partial charge in [-0.2, -0.15) is 0 Å². The maximum Gasteiger partial charge on any atom is 0.321 e. The smallest absolute Gasteiger partial charge is 0.321 e. The molecule has 0 bridgehead atoms. The second-order valence-corrected chi connectivity index (χ2v) is 10.3. The average Bonchev–Trinajstić information content (AvgIpc) is 2.80. The number of sulfonamides is 1. The molecule has 0 saturated heterocycles. The van der Waals surface area contributed by atoms with Gasteiger partial charge in [-0.15, -0.1) is 0 Å². The van der Waals surface area contributed by atoms with E-state index >= 15 is 0 Å². The lowest BCUT2D eigenvalue weighted by molar-refractivity contribution is -0.143. The van der Waals surface area contributed by atoms with Crippen LogP contribution in [0.5, 0.6) is 5.75 Å². The van der Waals surface area contributed by atoms with E-state index in [1.54, 1.807) is 0 Å². The fraction of sp³-hybridized carbons (Fsp3) is 0.708. The first-order valence-electron chi connectivity index (χ1n) is 11.8. The Morgan fingerprint density at radius 3 is 2.52 bits per heavy atom. The predicted octanol–water partition coefficient (Wildman–Crippen LogP) is 3.33. The Kier molecular flexibility index (Phi) is 11.1. The molecule has 1 heterocycles. The summed E-state index contributed by atoms with van der Waals surface area (Å²) in [5.41, 5.74) is 1.90. The largest absolute Gasteiger partial charge is 0.487 e. The third kappa shape index (κ3) is 8.88. The fourth-order valence-electron chi connectivity index (χ4n) is 4.02. The van der Waals surface area contributed by atoms with Crippen LogP contribution in [0.1, 0.15) is 63.5 Å². The van der Waals surface area contributed by atoms with Crippen molar-refractivity contribution in [1.29, 1.82) is 0 Å². The van der Waals surface area contributed by atoms with Gasteiger partial charge in [0.2, 0.25) is 10.0 Å². The summed E-state index contributed by atoms with van der Waals surface area (Å²) in [6, 6.07) is 6.09. The molecule has 188 valence electrons. The van der Waals surface area contributed by atoms with Crippen LogP contribution in [0.4, 0.5) is 0 Å². The van der Waals surface area contributed by atoms with Crippen LogP contribution in [0, 0.1) is 6.92 Å². The number of carbonyl (C=O) groups is 1. The van der Waals surface area contributed by atoms with Crippen LogP contribution < -0.4 is 9.46 Å². The highest BCUT2D eigenvalue weighted by atomic mass is 32.2. The summed E-state index contributed by atoms with van der Waals surface area (Å²) in [5, 5.41) is 0. The lowest BCUT2D eigenvalue weighted by Crippen LogP contribution is -2.40. The molecule has 0 aliphatic carbocycles. The van der Waals surface area contributed by atoms with Gasteiger partial charge in [-0.1, -0.05) is 31.5 Å². The Labute approximate surface area is 198 Å². The van der Waals surface area contributed by atoms with E-state index in [9.17, 15) is 13.2 Å². The molecule has 1 aliphatic rings. The van der Waals surface area contributed by atoms with Crippen LogP contribution in [0.3, 0.4) is 0 Å². The zero-order valence-corrected chi connectivity index (χ0v) is 21.2. The Hall–Kier alpha value is -1.68. The highest BCUT2D eigenvalue weighted by Gasteiger charge is 2.38.